The first kappa shape index (κ1) is 20.9. The lowest BCUT2D eigenvalue weighted by atomic mass is 10.1. The molecular formula is C21H25ClO5. The zero-order chi connectivity index (χ0) is 19.8. The highest BCUT2D eigenvalue weighted by Crippen LogP contribution is 2.37. The summed E-state index contributed by atoms with van der Waals surface area (Å²) in [6, 6.07) is 9.54. The second-order valence-electron chi connectivity index (χ2n) is 6.20. The summed E-state index contributed by atoms with van der Waals surface area (Å²) in [5.41, 5.74) is 3.00. The molecule has 0 aliphatic heterocycles. The largest absolute Gasteiger partial charge is 0.490 e. The maximum Gasteiger partial charge on any atom is 0.303 e. The molecule has 0 heterocycles. The van der Waals surface area contributed by atoms with Crippen molar-refractivity contribution in [2.75, 3.05) is 19.8 Å². The fourth-order valence-corrected chi connectivity index (χ4v) is 2.87. The number of aliphatic carboxylic acids is 1. The molecule has 0 saturated heterocycles. The standard InChI is InChI=1S/C21H25ClO5/c1-4-25-19-13-16(7-8-20(23)24)12-17(22)21(19)27-10-9-26-18-11-14(2)5-6-15(18)3/h5-6,11-13H,4,7-10H2,1-3H3,(H,23,24). The lowest BCUT2D eigenvalue weighted by Crippen LogP contribution is -2.11. The van der Waals surface area contributed by atoms with Gasteiger partial charge in [-0.2, -0.15) is 0 Å². The topological polar surface area (TPSA) is 65.0 Å². The van der Waals surface area contributed by atoms with Crippen LogP contribution in [0.1, 0.15) is 30.0 Å². The van der Waals surface area contributed by atoms with Crippen molar-refractivity contribution >= 4 is 17.6 Å². The first-order valence-corrected chi connectivity index (χ1v) is 9.28. The number of rotatable bonds is 10. The molecule has 2 aromatic rings. The Morgan fingerprint density at radius 2 is 1.78 bits per heavy atom. The molecule has 0 aromatic heterocycles. The van der Waals surface area contributed by atoms with Crippen LogP contribution < -0.4 is 14.2 Å². The number of aryl methyl sites for hydroxylation is 3. The summed E-state index contributed by atoms with van der Waals surface area (Å²) in [5.74, 6) is 0.936. The van der Waals surface area contributed by atoms with Crippen LogP contribution in [0.5, 0.6) is 17.2 Å². The summed E-state index contributed by atoms with van der Waals surface area (Å²) in [4.78, 5) is 10.8. The highest BCUT2D eigenvalue weighted by molar-refractivity contribution is 6.32. The molecule has 5 nitrogen and oxygen atoms in total. The number of carboxylic acid groups (broad SMARTS) is 1. The number of hydrogen-bond donors (Lipinski definition) is 1. The van der Waals surface area contributed by atoms with E-state index in [1.165, 1.54) is 0 Å². The van der Waals surface area contributed by atoms with E-state index in [2.05, 4.69) is 0 Å². The van der Waals surface area contributed by atoms with Crippen LogP contribution in [0.25, 0.3) is 0 Å². The van der Waals surface area contributed by atoms with Crippen molar-refractivity contribution in [3.05, 3.63) is 52.0 Å². The first-order chi connectivity index (χ1) is 12.9. The van der Waals surface area contributed by atoms with Crippen LogP contribution in [-0.2, 0) is 11.2 Å². The Bertz CT molecular complexity index is 788. The Hall–Kier alpha value is -2.40. The van der Waals surface area contributed by atoms with E-state index in [0.717, 1.165) is 22.4 Å². The molecule has 6 heteroatoms. The molecule has 2 aromatic carbocycles. The minimum absolute atomic E-state index is 0.0335. The van der Waals surface area contributed by atoms with E-state index in [4.69, 9.17) is 30.9 Å². The molecule has 0 spiro atoms. The predicted octanol–water partition coefficient (Wildman–Crippen LogP) is 4.83. The summed E-state index contributed by atoms with van der Waals surface area (Å²) in [6.45, 7) is 7.01. The molecule has 0 atom stereocenters. The van der Waals surface area contributed by atoms with E-state index >= 15 is 0 Å². The van der Waals surface area contributed by atoms with Gasteiger partial charge in [-0.05, 0) is 62.1 Å². The van der Waals surface area contributed by atoms with Crippen molar-refractivity contribution in [1.29, 1.82) is 0 Å². The Balaban J connectivity index is 2.01. The molecule has 0 fully saturated rings. The Morgan fingerprint density at radius 3 is 2.48 bits per heavy atom. The number of carbonyl (C=O) groups is 1. The Morgan fingerprint density at radius 1 is 1.04 bits per heavy atom. The van der Waals surface area contributed by atoms with Crippen molar-refractivity contribution in [1.82, 2.24) is 0 Å². The summed E-state index contributed by atoms with van der Waals surface area (Å²) in [7, 11) is 0. The molecule has 1 N–H and O–H groups in total. The van der Waals surface area contributed by atoms with Gasteiger partial charge in [-0.1, -0.05) is 23.7 Å². The van der Waals surface area contributed by atoms with Gasteiger partial charge in [0.2, 0.25) is 0 Å². The van der Waals surface area contributed by atoms with Gasteiger partial charge in [0.1, 0.15) is 19.0 Å². The van der Waals surface area contributed by atoms with E-state index in [9.17, 15) is 4.79 Å². The normalized spacial score (nSPS) is 10.5. The molecule has 0 bridgehead atoms. The SMILES string of the molecule is CCOc1cc(CCC(=O)O)cc(Cl)c1OCCOc1cc(C)ccc1C. The van der Waals surface area contributed by atoms with Gasteiger partial charge in [0, 0.05) is 6.42 Å². The van der Waals surface area contributed by atoms with Gasteiger partial charge in [-0.15, -0.1) is 0 Å². The first-order valence-electron chi connectivity index (χ1n) is 8.90. The molecule has 146 valence electrons. The smallest absolute Gasteiger partial charge is 0.303 e. The maximum absolute atomic E-state index is 10.8. The molecule has 2 rings (SSSR count). The lowest BCUT2D eigenvalue weighted by Gasteiger charge is -2.16. The fraction of sp³-hybridized carbons (Fsp3) is 0.381. The lowest BCUT2D eigenvalue weighted by molar-refractivity contribution is -0.136. The van der Waals surface area contributed by atoms with Crippen LogP contribution in [0.2, 0.25) is 5.02 Å². The average molecular weight is 393 g/mol. The number of benzene rings is 2. The highest BCUT2D eigenvalue weighted by atomic mass is 35.5. The average Bonchev–Trinajstić information content (AvgIpc) is 2.61. The predicted molar refractivity (Wildman–Crippen MR) is 105 cm³/mol. The van der Waals surface area contributed by atoms with Crippen LogP contribution >= 0.6 is 11.6 Å². The minimum Gasteiger partial charge on any atom is -0.490 e. The molecular weight excluding hydrogens is 368 g/mol. The third-order valence-electron chi connectivity index (χ3n) is 3.93. The van der Waals surface area contributed by atoms with Gasteiger partial charge in [-0.25, -0.2) is 0 Å². The van der Waals surface area contributed by atoms with Gasteiger partial charge in [0.05, 0.1) is 11.6 Å². The zero-order valence-corrected chi connectivity index (χ0v) is 16.6. The van der Waals surface area contributed by atoms with E-state index in [0.29, 0.717) is 42.8 Å². The van der Waals surface area contributed by atoms with Gasteiger partial charge < -0.3 is 19.3 Å². The second kappa shape index (κ2) is 10.1. The van der Waals surface area contributed by atoms with Gasteiger partial charge in [0.25, 0.3) is 0 Å². The Labute approximate surface area is 164 Å². The maximum atomic E-state index is 10.8. The van der Waals surface area contributed by atoms with Gasteiger partial charge in [-0.3, -0.25) is 4.79 Å². The summed E-state index contributed by atoms with van der Waals surface area (Å²) in [6.07, 6.45) is 0.414. The van der Waals surface area contributed by atoms with Gasteiger partial charge >= 0.3 is 5.97 Å². The van der Waals surface area contributed by atoms with E-state index in [-0.39, 0.29) is 6.42 Å². The Kier molecular flexibility index (Phi) is 7.80. The third-order valence-corrected chi connectivity index (χ3v) is 4.21. The van der Waals surface area contributed by atoms with Crippen LogP contribution in [0.4, 0.5) is 0 Å². The van der Waals surface area contributed by atoms with Crippen molar-refractivity contribution in [2.45, 2.75) is 33.6 Å². The molecule has 0 aliphatic rings. The monoisotopic (exact) mass is 392 g/mol. The van der Waals surface area contributed by atoms with Crippen molar-refractivity contribution < 1.29 is 24.1 Å². The summed E-state index contributed by atoms with van der Waals surface area (Å²) in [5, 5.41) is 9.24. The molecule has 0 radical (unpaired) electrons. The molecule has 0 amide bonds. The molecule has 0 saturated carbocycles. The molecule has 0 aliphatic carbocycles. The van der Waals surface area contributed by atoms with Crippen molar-refractivity contribution in [3.63, 3.8) is 0 Å². The number of hydrogen-bond acceptors (Lipinski definition) is 4. The zero-order valence-electron chi connectivity index (χ0n) is 15.9. The third kappa shape index (κ3) is 6.36. The van der Waals surface area contributed by atoms with E-state index in [1.54, 1.807) is 12.1 Å². The summed E-state index contributed by atoms with van der Waals surface area (Å²) < 4.78 is 17.2. The number of carboxylic acids is 1. The number of ether oxygens (including phenoxy) is 3. The second-order valence-corrected chi connectivity index (χ2v) is 6.60. The van der Waals surface area contributed by atoms with Crippen LogP contribution in [-0.4, -0.2) is 30.9 Å². The van der Waals surface area contributed by atoms with Crippen molar-refractivity contribution in [3.8, 4) is 17.2 Å². The highest BCUT2D eigenvalue weighted by Gasteiger charge is 2.13. The summed E-state index contributed by atoms with van der Waals surface area (Å²) >= 11 is 6.33. The minimum atomic E-state index is -0.854. The van der Waals surface area contributed by atoms with Gasteiger partial charge in [0.15, 0.2) is 11.5 Å². The molecule has 0 unspecified atom stereocenters. The molecule has 27 heavy (non-hydrogen) atoms. The quantitative estimate of drug-likeness (QED) is 0.586. The van der Waals surface area contributed by atoms with Crippen LogP contribution in [0, 0.1) is 13.8 Å². The van der Waals surface area contributed by atoms with Crippen LogP contribution in [0.15, 0.2) is 30.3 Å². The van der Waals surface area contributed by atoms with E-state index in [1.807, 2.05) is 39.0 Å². The number of halogens is 1. The van der Waals surface area contributed by atoms with Crippen LogP contribution in [0.3, 0.4) is 0 Å². The fourth-order valence-electron chi connectivity index (χ4n) is 2.58. The van der Waals surface area contributed by atoms with E-state index < -0.39 is 5.97 Å². The van der Waals surface area contributed by atoms with Crippen molar-refractivity contribution in [2.24, 2.45) is 0 Å².